The summed E-state index contributed by atoms with van der Waals surface area (Å²) < 4.78 is 13.1. The molecule has 0 saturated heterocycles. The Kier molecular flexibility index (Phi) is 3.77. The summed E-state index contributed by atoms with van der Waals surface area (Å²) in [4.78, 5) is 16.2. The van der Waals surface area contributed by atoms with Crippen LogP contribution in [0.2, 0.25) is 0 Å². The molecule has 0 saturated carbocycles. The van der Waals surface area contributed by atoms with E-state index in [1.54, 1.807) is 18.6 Å². The monoisotopic (exact) mass is 287 g/mol. The number of amides is 1. The SMILES string of the molecule is C[C@H](Cn1ccnc1)NC(=O)[C@H]1COc2ccccc2O1. The highest BCUT2D eigenvalue weighted by Gasteiger charge is 2.27. The van der Waals surface area contributed by atoms with Gasteiger partial charge < -0.3 is 19.4 Å². The van der Waals surface area contributed by atoms with Crippen molar-refractivity contribution in [2.24, 2.45) is 0 Å². The molecule has 6 heteroatoms. The zero-order valence-corrected chi connectivity index (χ0v) is 11.7. The molecule has 1 aliphatic heterocycles. The number of para-hydroxylation sites is 2. The minimum atomic E-state index is -0.620. The van der Waals surface area contributed by atoms with Gasteiger partial charge in [0.2, 0.25) is 6.10 Å². The Morgan fingerprint density at radius 1 is 1.48 bits per heavy atom. The van der Waals surface area contributed by atoms with Gasteiger partial charge in [0.05, 0.1) is 6.33 Å². The van der Waals surface area contributed by atoms with E-state index in [9.17, 15) is 4.79 Å². The van der Waals surface area contributed by atoms with Crippen LogP contribution >= 0.6 is 0 Å². The van der Waals surface area contributed by atoms with Crippen molar-refractivity contribution in [2.75, 3.05) is 6.61 Å². The number of carbonyl (C=O) groups excluding carboxylic acids is 1. The summed E-state index contributed by atoms with van der Waals surface area (Å²) in [6.45, 7) is 2.83. The van der Waals surface area contributed by atoms with Crippen LogP contribution in [0.4, 0.5) is 0 Å². The van der Waals surface area contributed by atoms with Crippen molar-refractivity contribution < 1.29 is 14.3 Å². The number of rotatable bonds is 4. The molecule has 0 fully saturated rings. The third kappa shape index (κ3) is 3.16. The number of carbonyl (C=O) groups is 1. The Labute approximate surface area is 122 Å². The highest BCUT2D eigenvalue weighted by atomic mass is 16.6. The average molecular weight is 287 g/mol. The Bertz CT molecular complexity index is 612. The van der Waals surface area contributed by atoms with Crippen LogP contribution in [0.25, 0.3) is 0 Å². The number of hydrogen-bond acceptors (Lipinski definition) is 4. The van der Waals surface area contributed by atoms with E-state index in [0.717, 1.165) is 0 Å². The summed E-state index contributed by atoms with van der Waals surface area (Å²) in [5.74, 6) is 1.11. The van der Waals surface area contributed by atoms with Crippen LogP contribution in [-0.4, -0.2) is 34.2 Å². The van der Waals surface area contributed by atoms with Crippen molar-refractivity contribution in [3.05, 3.63) is 43.0 Å². The van der Waals surface area contributed by atoms with Crippen LogP contribution in [0.1, 0.15) is 6.92 Å². The number of ether oxygens (including phenoxy) is 2. The van der Waals surface area contributed by atoms with Gasteiger partial charge in [-0.2, -0.15) is 0 Å². The molecule has 1 aromatic carbocycles. The van der Waals surface area contributed by atoms with Crippen LogP contribution in [0.5, 0.6) is 11.5 Å². The molecular weight excluding hydrogens is 270 g/mol. The number of fused-ring (bicyclic) bond motifs is 1. The van der Waals surface area contributed by atoms with Gasteiger partial charge in [-0.25, -0.2) is 4.98 Å². The molecule has 0 radical (unpaired) electrons. The molecule has 21 heavy (non-hydrogen) atoms. The van der Waals surface area contributed by atoms with E-state index in [-0.39, 0.29) is 18.6 Å². The van der Waals surface area contributed by atoms with Crippen molar-refractivity contribution in [3.8, 4) is 11.5 Å². The second kappa shape index (κ2) is 5.87. The lowest BCUT2D eigenvalue weighted by Gasteiger charge is -2.26. The quantitative estimate of drug-likeness (QED) is 0.918. The number of benzene rings is 1. The first-order valence-electron chi connectivity index (χ1n) is 6.87. The zero-order chi connectivity index (χ0) is 14.7. The first-order chi connectivity index (χ1) is 10.2. The average Bonchev–Trinajstić information content (AvgIpc) is 2.99. The Morgan fingerprint density at radius 2 is 2.29 bits per heavy atom. The summed E-state index contributed by atoms with van der Waals surface area (Å²) in [6.07, 6.45) is 4.67. The standard InChI is InChI=1S/C15H17N3O3/c1-11(8-18-7-6-16-10-18)17-15(19)14-9-20-12-4-2-3-5-13(12)21-14/h2-7,10-11,14H,8-9H2,1H3,(H,17,19)/t11-,14-/m1/s1. The van der Waals surface area contributed by atoms with Gasteiger partial charge in [-0.1, -0.05) is 12.1 Å². The Morgan fingerprint density at radius 3 is 3.05 bits per heavy atom. The van der Waals surface area contributed by atoms with Gasteiger partial charge in [-0.3, -0.25) is 4.79 Å². The van der Waals surface area contributed by atoms with Gasteiger partial charge in [0.1, 0.15) is 6.61 Å². The molecule has 3 rings (SSSR count). The lowest BCUT2D eigenvalue weighted by Crippen LogP contribution is -2.47. The molecule has 2 aromatic rings. The van der Waals surface area contributed by atoms with Crippen molar-refractivity contribution >= 4 is 5.91 Å². The predicted molar refractivity (Wildman–Crippen MR) is 76.2 cm³/mol. The maximum absolute atomic E-state index is 12.2. The highest BCUT2D eigenvalue weighted by Crippen LogP contribution is 2.30. The molecule has 0 unspecified atom stereocenters. The van der Waals surface area contributed by atoms with Crippen LogP contribution in [-0.2, 0) is 11.3 Å². The van der Waals surface area contributed by atoms with Gasteiger partial charge in [0, 0.05) is 25.0 Å². The number of hydrogen-bond donors (Lipinski definition) is 1. The lowest BCUT2D eigenvalue weighted by atomic mass is 10.2. The minimum Gasteiger partial charge on any atom is -0.485 e. The second-order valence-corrected chi connectivity index (χ2v) is 5.03. The molecule has 2 atom stereocenters. The van der Waals surface area contributed by atoms with Crippen molar-refractivity contribution in [1.82, 2.24) is 14.9 Å². The molecule has 110 valence electrons. The zero-order valence-electron chi connectivity index (χ0n) is 11.7. The number of imidazole rings is 1. The molecule has 2 heterocycles. The first kappa shape index (κ1) is 13.5. The number of aromatic nitrogens is 2. The fourth-order valence-electron chi connectivity index (χ4n) is 2.24. The van der Waals surface area contributed by atoms with E-state index in [1.807, 2.05) is 35.9 Å². The van der Waals surface area contributed by atoms with Crippen LogP contribution in [0.3, 0.4) is 0 Å². The van der Waals surface area contributed by atoms with Crippen molar-refractivity contribution in [3.63, 3.8) is 0 Å². The normalized spacial score (nSPS) is 18.0. The Balaban J connectivity index is 1.56. The van der Waals surface area contributed by atoms with Crippen molar-refractivity contribution in [2.45, 2.75) is 25.6 Å². The molecule has 0 bridgehead atoms. The molecule has 1 aliphatic rings. The van der Waals surface area contributed by atoms with E-state index in [1.165, 1.54) is 0 Å². The van der Waals surface area contributed by atoms with Gasteiger partial charge in [-0.15, -0.1) is 0 Å². The minimum absolute atomic E-state index is 0.0209. The fraction of sp³-hybridized carbons (Fsp3) is 0.333. The van der Waals surface area contributed by atoms with Crippen LogP contribution in [0.15, 0.2) is 43.0 Å². The summed E-state index contributed by atoms with van der Waals surface area (Å²) in [5, 5.41) is 2.93. The first-order valence-corrected chi connectivity index (χ1v) is 6.87. The lowest BCUT2D eigenvalue weighted by molar-refractivity contribution is -0.131. The largest absolute Gasteiger partial charge is 0.485 e. The summed E-state index contributed by atoms with van der Waals surface area (Å²) in [7, 11) is 0. The molecule has 0 aliphatic carbocycles. The van der Waals surface area contributed by atoms with E-state index >= 15 is 0 Å². The maximum atomic E-state index is 12.2. The molecule has 0 spiro atoms. The van der Waals surface area contributed by atoms with Gasteiger partial charge >= 0.3 is 0 Å². The van der Waals surface area contributed by atoms with Gasteiger partial charge in [0.15, 0.2) is 11.5 Å². The third-order valence-corrected chi connectivity index (χ3v) is 3.23. The number of nitrogens with zero attached hydrogens (tertiary/aromatic N) is 2. The fourth-order valence-corrected chi connectivity index (χ4v) is 2.24. The maximum Gasteiger partial charge on any atom is 0.264 e. The van der Waals surface area contributed by atoms with Gasteiger partial charge in [0.25, 0.3) is 5.91 Å². The molecule has 1 amide bonds. The van der Waals surface area contributed by atoms with Crippen LogP contribution in [0, 0.1) is 0 Å². The second-order valence-electron chi connectivity index (χ2n) is 5.03. The third-order valence-electron chi connectivity index (χ3n) is 3.23. The van der Waals surface area contributed by atoms with Gasteiger partial charge in [-0.05, 0) is 19.1 Å². The van der Waals surface area contributed by atoms with E-state index in [0.29, 0.717) is 18.0 Å². The molecule has 1 aromatic heterocycles. The number of nitrogens with one attached hydrogen (secondary N) is 1. The van der Waals surface area contributed by atoms with E-state index < -0.39 is 6.10 Å². The topological polar surface area (TPSA) is 65.4 Å². The molecular formula is C15H17N3O3. The van der Waals surface area contributed by atoms with Crippen LogP contribution < -0.4 is 14.8 Å². The van der Waals surface area contributed by atoms with E-state index in [4.69, 9.17) is 9.47 Å². The van der Waals surface area contributed by atoms with E-state index in [2.05, 4.69) is 10.3 Å². The molecule has 1 N–H and O–H groups in total. The smallest absolute Gasteiger partial charge is 0.264 e. The summed E-state index contributed by atoms with van der Waals surface area (Å²) in [5.41, 5.74) is 0. The predicted octanol–water partition coefficient (Wildman–Crippen LogP) is 1.23. The van der Waals surface area contributed by atoms with Crippen molar-refractivity contribution in [1.29, 1.82) is 0 Å². The molecule has 6 nitrogen and oxygen atoms in total. The summed E-state index contributed by atoms with van der Waals surface area (Å²) in [6, 6.07) is 7.32. The summed E-state index contributed by atoms with van der Waals surface area (Å²) >= 11 is 0. The highest BCUT2D eigenvalue weighted by molar-refractivity contribution is 5.82. The Hall–Kier alpha value is -2.50.